The van der Waals surface area contributed by atoms with Crippen LogP contribution in [-0.2, 0) is 4.74 Å². The summed E-state index contributed by atoms with van der Waals surface area (Å²) in [6, 6.07) is 0.445. The second-order valence-corrected chi connectivity index (χ2v) is 6.74. The second-order valence-electron chi connectivity index (χ2n) is 6.74. The van der Waals surface area contributed by atoms with Gasteiger partial charge in [0, 0.05) is 38.1 Å². The number of likely N-dealkylation sites (tertiary alicyclic amines) is 1. The third-order valence-corrected chi connectivity index (χ3v) is 4.75. The highest BCUT2D eigenvalue weighted by Crippen LogP contribution is 2.24. The van der Waals surface area contributed by atoms with Gasteiger partial charge in [-0.05, 0) is 5.92 Å². The number of amides is 1. The molecule has 0 spiro atoms. The largest absolute Gasteiger partial charge is 0.379 e. The Balaban J connectivity index is 1.66. The van der Waals surface area contributed by atoms with Gasteiger partial charge in [-0.25, -0.2) is 4.98 Å². The van der Waals surface area contributed by atoms with E-state index in [1.54, 1.807) is 6.20 Å². The van der Waals surface area contributed by atoms with Gasteiger partial charge in [0.05, 0.1) is 19.4 Å². The van der Waals surface area contributed by atoms with Crippen molar-refractivity contribution in [3.8, 4) is 0 Å². The standard InChI is InChI=1S/C16H26N4O2/c1-11(2)15-17-8-13(18-15)16(21)20-9-12(3)14(10-20)19-4-6-22-7-5-19/h8,11-12,14H,4-7,9-10H2,1-3H3,(H,17,18)/t12-,14-/m1/s1. The average molecular weight is 306 g/mol. The molecule has 3 rings (SSSR count). The summed E-state index contributed by atoms with van der Waals surface area (Å²) in [6.45, 7) is 11.5. The summed E-state index contributed by atoms with van der Waals surface area (Å²) >= 11 is 0. The predicted octanol–water partition coefficient (Wildman–Crippen LogP) is 1.33. The lowest BCUT2D eigenvalue weighted by Crippen LogP contribution is -2.47. The van der Waals surface area contributed by atoms with E-state index in [9.17, 15) is 4.79 Å². The SMILES string of the molecule is CC(C)c1ncc(C(=O)N2C[C@@H](C)[C@H](N3CCOCC3)C2)[nH]1. The van der Waals surface area contributed by atoms with E-state index in [-0.39, 0.29) is 5.91 Å². The Morgan fingerprint density at radius 1 is 1.36 bits per heavy atom. The van der Waals surface area contributed by atoms with Crippen LogP contribution in [0.3, 0.4) is 0 Å². The quantitative estimate of drug-likeness (QED) is 0.915. The van der Waals surface area contributed by atoms with Crippen LogP contribution in [0.15, 0.2) is 6.20 Å². The number of hydrogen-bond donors (Lipinski definition) is 1. The normalized spacial score (nSPS) is 26.8. The molecule has 3 heterocycles. The fourth-order valence-electron chi connectivity index (χ4n) is 3.41. The van der Waals surface area contributed by atoms with Gasteiger partial charge in [0.2, 0.25) is 0 Å². The van der Waals surface area contributed by atoms with E-state index in [0.29, 0.717) is 23.6 Å². The monoisotopic (exact) mass is 306 g/mol. The first-order valence-electron chi connectivity index (χ1n) is 8.22. The summed E-state index contributed by atoms with van der Waals surface area (Å²) in [5, 5.41) is 0. The maximum atomic E-state index is 12.7. The number of ether oxygens (including phenoxy) is 1. The van der Waals surface area contributed by atoms with E-state index in [2.05, 4.69) is 35.6 Å². The minimum atomic E-state index is 0.0713. The molecule has 1 amide bonds. The number of hydrogen-bond acceptors (Lipinski definition) is 4. The zero-order valence-electron chi connectivity index (χ0n) is 13.7. The molecule has 2 atom stereocenters. The van der Waals surface area contributed by atoms with Crippen molar-refractivity contribution in [1.29, 1.82) is 0 Å². The van der Waals surface area contributed by atoms with Crippen molar-refractivity contribution >= 4 is 5.91 Å². The number of aromatic amines is 1. The summed E-state index contributed by atoms with van der Waals surface area (Å²) < 4.78 is 5.43. The van der Waals surface area contributed by atoms with Crippen molar-refractivity contribution in [2.75, 3.05) is 39.4 Å². The van der Waals surface area contributed by atoms with Gasteiger partial charge in [-0.1, -0.05) is 20.8 Å². The molecule has 0 saturated carbocycles. The number of imidazole rings is 1. The van der Waals surface area contributed by atoms with Gasteiger partial charge in [0.25, 0.3) is 5.91 Å². The van der Waals surface area contributed by atoms with Crippen molar-refractivity contribution in [3.05, 3.63) is 17.7 Å². The van der Waals surface area contributed by atoms with E-state index in [1.165, 1.54) is 0 Å². The fourth-order valence-corrected chi connectivity index (χ4v) is 3.41. The first kappa shape index (κ1) is 15.5. The Morgan fingerprint density at radius 2 is 2.09 bits per heavy atom. The molecule has 0 aromatic carbocycles. The number of rotatable bonds is 3. The average Bonchev–Trinajstić information content (AvgIpc) is 3.14. The maximum Gasteiger partial charge on any atom is 0.271 e. The van der Waals surface area contributed by atoms with Crippen molar-refractivity contribution in [1.82, 2.24) is 19.8 Å². The second kappa shape index (κ2) is 6.38. The molecule has 0 radical (unpaired) electrons. The molecule has 2 aliphatic heterocycles. The molecule has 122 valence electrons. The van der Waals surface area contributed by atoms with E-state index in [0.717, 1.165) is 45.2 Å². The van der Waals surface area contributed by atoms with E-state index >= 15 is 0 Å². The Kier molecular flexibility index (Phi) is 4.49. The van der Waals surface area contributed by atoms with Gasteiger partial charge < -0.3 is 14.6 Å². The molecular formula is C16H26N4O2. The number of nitrogens with one attached hydrogen (secondary N) is 1. The first-order valence-corrected chi connectivity index (χ1v) is 8.22. The van der Waals surface area contributed by atoms with Gasteiger partial charge in [0.1, 0.15) is 11.5 Å². The van der Waals surface area contributed by atoms with Gasteiger partial charge in [-0.15, -0.1) is 0 Å². The van der Waals surface area contributed by atoms with Gasteiger partial charge in [0.15, 0.2) is 0 Å². The molecule has 0 bridgehead atoms. The summed E-state index contributed by atoms with van der Waals surface area (Å²) in [7, 11) is 0. The van der Waals surface area contributed by atoms with Crippen LogP contribution in [0.25, 0.3) is 0 Å². The Hall–Kier alpha value is -1.40. The van der Waals surface area contributed by atoms with Crippen LogP contribution in [0.1, 0.15) is 43.0 Å². The summed E-state index contributed by atoms with van der Waals surface area (Å²) in [5.41, 5.74) is 0.610. The Labute approximate surface area is 131 Å². The smallest absolute Gasteiger partial charge is 0.271 e. The minimum absolute atomic E-state index is 0.0713. The molecule has 1 N–H and O–H groups in total. The van der Waals surface area contributed by atoms with Crippen LogP contribution in [0.2, 0.25) is 0 Å². The first-order chi connectivity index (χ1) is 10.6. The van der Waals surface area contributed by atoms with Gasteiger partial charge in [-0.3, -0.25) is 9.69 Å². The van der Waals surface area contributed by atoms with E-state index in [1.807, 2.05) is 4.90 Å². The molecule has 1 aromatic heterocycles. The third-order valence-electron chi connectivity index (χ3n) is 4.75. The zero-order chi connectivity index (χ0) is 15.7. The number of aromatic nitrogens is 2. The van der Waals surface area contributed by atoms with Crippen LogP contribution in [0.5, 0.6) is 0 Å². The summed E-state index contributed by atoms with van der Waals surface area (Å²) in [6.07, 6.45) is 1.67. The number of carbonyl (C=O) groups excluding carboxylic acids is 1. The zero-order valence-corrected chi connectivity index (χ0v) is 13.7. The molecule has 0 unspecified atom stereocenters. The lowest BCUT2D eigenvalue weighted by atomic mass is 10.0. The van der Waals surface area contributed by atoms with Crippen molar-refractivity contribution in [2.45, 2.75) is 32.7 Å². The fraction of sp³-hybridized carbons (Fsp3) is 0.750. The van der Waals surface area contributed by atoms with Crippen molar-refractivity contribution < 1.29 is 9.53 Å². The van der Waals surface area contributed by atoms with Crippen LogP contribution >= 0.6 is 0 Å². The highest BCUT2D eigenvalue weighted by atomic mass is 16.5. The molecule has 6 heteroatoms. The van der Waals surface area contributed by atoms with Crippen molar-refractivity contribution in [2.24, 2.45) is 5.92 Å². The maximum absolute atomic E-state index is 12.7. The van der Waals surface area contributed by atoms with Crippen molar-refractivity contribution in [3.63, 3.8) is 0 Å². The Morgan fingerprint density at radius 3 is 2.73 bits per heavy atom. The van der Waals surface area contributed by atoms with Crippen LogP contribution < -0.4 is 0 Å². The Bertz CT molecular complexity index is 522. The predicted molar refractivity (Wildman–Crippen MR) is 83.9 cm³/mol. The van der Waals surface area contributed by atoms with Crippen LogP contribution in [0.4, 0.5) is 0 Å². The third kappa shape index (κ3) is 3.03. The van der Waals surface area contributed by atoms with Gasteiger partial charge in [-0.2, -0.15) is 0 Å². The molecule has 0 aliphatic carbocycles. The molecule has 2 saturated heterocycles. The lowest BCUT2D eigenvalue weighted by molar-refractivity contribution is 0.0119. The lowest BCUT2D eigenvalue weighted by Gasteiger charge is -2.33. The minimum Gasteiger partial charge on any atom is -0.379 e. The van der Waals surface area contributed by atoms with Crippen LogP contribution in [0, 0.1) is 5.92 Å². The summed E-state index contributed by atoms with van der Waals surface area (Å²) in [4.78, 5) is 24.6. The number of H-pyrrole nitrogens is 1. The highest BCUT2D eigenvalue weighted by molar-refractivity contribution is 5.92. The molecule has 6 nitrogen and oxygen atoms in total. The summed E-state index contributed by atoms with van der Waals surface area (Å²) in [5.74, 6) is 1.75. The highest BCUT2D eigenvalue weighted by Gasteiger charge is 2.37. The van der Waals surface area contributed by atoms with E-state index < -0.39 is 0 Å². The number of morpholine rings is 1. The molecule has 22 heavy (non-hydrogen) atoms. The van der Waals surface area contributed by atoms with Gasteiger partial charge >= 0.3 is 0 Å². The van der Waals surface area contributed by atoms with Crippen LogP contribution in [-0.4, -0.2) is 71.1 Å². The molecule has 2 aliphatic rings. The number of carbonyl (C=O) groups is 1. The number of nitrogens with zero attached hydrogens (tertiary/aromatic N) is 3. The molecular weight excluding hydrogens is 280 g/mol. The molecule has 2 fully saturated rings. The molecule has 1 aromatic rings. The van der Waals surface area contributed by atoms with E-state index in [4.69, 9.17) is 4.74 Å². The topological polar surface area (TPSA) is 61.5 Å².